The number of ether oxygens (including phenoxy) is 2. The minimum atomic E-state index is -0.256. The van der Waals surface area contributed by atoms with E-state index in [0.717, 1.165) is 60.9 Å². The summed E-state index contributed by atoms with van der Waals surface area (Å²) >= 11 is 0. The molecule has 0 amide bonds. The summed E-state index contributed by atoms with van der Waals surface area (Å²) in [5, 5.41) is 0. The standard InChI is InChI=1S/C25H24F2N2O2/c26-21-8-4-18(5-9-21)24(19-6-10-22(27)11-7-19)29-14-12-28(13-15-29)16-20-2-1-3-23-25(20)31-17-30-23/h1-11,24H,12-17H2. The summed E-state index contributed by atoms with van der Waals surface area (Å²) in [4.78, 5) is 4.78. The maximum atomic E-state index is 13.5. The fourth-order valence-corrected chi connectivity index (χ4v) is 4.44. The first-order chi connectivity index (χ1) is 15.2. The van der Waals surface area contributed by atoms with Gasteiger partial charge in [0.25, 0.3) is 0 Å². The highest BCUT2D eigenvalue weighted by atomic mass is 19.1. The number of rotatable bonds is 5. The van der Waals surface area contributed by atoms with E-state index in [4.69, 9.17) is 9.47 Å². The maximum absolute atomic E-state index is 13.5. The van der Waals surface area contributed by atoms with Gasteiger partial charge in [0.1, 0.15) is 11.6 Å². The molecule has 0 atom stereocenters. The molecule has 0 saturated carbocycles. The fourth-order valence-electron chi connectivity index (χ4n) is 4.44. The van der Waals surface area contributed by atoms with Crippen molar-refractivity contribution in [3.63, 3.8) is 0 Å². The highest BCUT2D eigenvalue weighted by Gasteiger charge is 2.27. The van der Waals surface area contributed by atoms with Gasteiger partial charge < -0.3 is 9.47 Å². The van der Waals surface area contributed by atoms with E-state index in [9.17, 15) is 8.78 Å². The van der Waals surface area contributed by atoms with E-state index in [1.54, 1.807) is 0 Å². The number of hydrogen-bond acceptors (Lipinski definition) is 4. The van der Waals surface area contributed by atoms with Crippen LogP contribution in [-0.4, -0.2) is 42.8 Å². The Morgan fingerprint density at radius 3 is 1.97 bits per heavy atom. The predicted molar refractivity (Wildman–Crippen MR) is 114 cm³/mol. The zero-order chi connectivity index (χ0) is 21.2. The first kappa shape index (κ1) is 20.0. The molecule has 0 N–H and O–H groups in total. The van der Waals surface area contributed by atoms with E-state index in [1.807, 2.05) is 36.4 Å². The van der Waals surface area contributed by atoms with E-state index >= 15 is 0 Å². The maximum Gasteiger partial charge on any atom is 0.231 e. The Hall–Kier alpha value is -2.96. The van der Waals surface area contributed by atoms with Crippen molar-refractivity contribution >= 4 is 0 Å². The van der Waals surface area contributed by atoms with Gasteiger partial charge in [-0.1, -0.05) is 36.4 Å². The average molecular weight is 422 g/mol. The Bertz CT molecular complexity index is 987. The molecule has 1 saturated heterocycles. The summed E-state index contributed by atoms with van der Waals surface area (Å²) in [6, 6.07) is 19.2. The van der Waals surface area contributed by atoms with Gasteiger partial charge in [-0.15, -0.1) is 0 Å². The summed E-state index contributed by atoms with van der Waals surface area (Å²) in [5.74, 6) is 1.14. The predicted octanol–water partition coefficient (Wildman–Crippen LogP) is 4.60. The van der Waals surface area contributed by atoms with Crippen molar-refractivity contribution in [1.29, 1.82) is 0 Å². The van der Waals surface area contributed by atoms with Gasteiger partial charge in [-0.3, -0.25) is 9.80 Å². The quantitative estimate of drug-likeness (QED) is 0.600. The lowest BCUT2D eigenvalue weighted by molar-refractivity contribution is 0.104. The minimum absolute atomic E-state index is 0.0407. The Labute approximate surface area is 180 Å². The first-order valence-corrected chi connectivity index (χ1v) is 10.5. The van der Waals surface area contributed by atoms with Gasteiger partial charge in [0.15, 0.2) is 11.5 Å². The summed E-state index contributed by atoms with van der Waals surface area (Å²) in [6.07, 6.45) is 0. The molecule has 2 aliphatic rings. The van der Waals surface area contributed by atoms with E-state index in [0.29, 0.717) is 0 Å². The highest BCUT2D eigenvalue weighted by Crippen LogP contribution is 2.36. The zero-order valence-electron chi connectivity index (χ0n) is 17.1. The van der Waals surface area contributed by atoms with Crippen molar-refractivity contribution in [3.8, 4) is 11.5 Å². The van der Waals surface area contributed by atoms with Crippen molar-refractivity contribution in [2.75, 3.05) is 33.0 Å². The second-order valence-corrected chi connectivity index (χ2v) is 7.97. The summed E-state index contributed by atoms with van der Waals surface area (Å²) in [6.45, 7) is 4.57. The van der Waals surface area contributed by atoms with Crippen LogP contribution >= 0.6 is 0 Å². The van der Waals surface area contributed by atoms with Crippen LogP contribution in [0.15, 0.2) is 66.7 Å². The van der Waals surface area contributed by atoms with E-state index in [2.05, 4.69) is 15.9 Å². The van der Waals surface area contributed by atoms with Crippen molar-refractivity contribution in [3.05, 3.63) is 95.1 Å². The van der Waals surface area contributed by atoms with Crippen LogP contribution in [0.5, 0.6) is 11.5 Å². The number of hydrogen-bond donors (Lipinski definition) is 0. The number of nitrogens with zero attached hydrogens (tertiary/aromatic N) is 2. The van der Waals surface area contributed by atoms with E-state index in [1.165, 1.54) is 24.3 Å². The molecule has 1 fully saturated rings. The van der Waals surface area contributed by atoms with Crippen molar-refractivity contribution in [2.45, 2.75) is 12.6 Å². The minimum Gasteiger partial charge on any atom is -0.454 e. The van der Waals surface area contributed by atoms with Gasteiger partial charge in [0.2, 0.25) is 6.79 Å². The monoisotopic (exact) mass is 422 g/mol. The molecule has 0 bridgehead atoms. The molecule has 0 spiro atoms. The Balaban J connectivity index is 1.32. The third-order valence-electron chi connectivity index (χ3n) is 6.02. The van der Waals surface area contributed by atoms with Crippen LogP contribution in [0.25, 0.3) is 0 Å². The molecule has 6 heteroatoms. The van der Waals surface area contributed by atoms with Crippen molar-refractivity contribution in [2.24, 2.45) is 0 Å². The molecule has 0 radical (unpaired) electrons. The lowest BCUT2D eigenvalue weighted by Crippen LogP contribution is -2.47. The molecule has 160 valence electrons. The molecular formula is C25H24F2N2O2. The van der Waals surface area contributed by atoms with Gasteiger partial charge in [-0.2, -0.15) is 0 Å². The lowest BCUT2D eigenvalue weighted by Gasteiger charge is -2.40. The SMILES string of the molecule is Fc1ccc(C(c2ccc(F)cc2)N2CCN(Cc3cccc4c3OCO4)CC2)cc1. The average Bonchev–Trinajstić information content (AvgIpc) is 3.28. The second kappa shape index (κ2) is 8.65. The Morgan fingerprint density at radius 1 is 0.742 bits per heavy atom. The van der Waals surface area contributed by atoms with Crippen LogP contribution in [0.3, 0.4) is 0 Å². The number of para-hydroxylation sites is 1. The topological polar surface area (TPSA) is 24.9 Å². The molecule has 4 nitrogen and oxygen atoms in total. The number of halogens is 2. The van der Waals surface area contributed by atoms with Crippen molar-refractivity contribution in [1.82, 2.24) is 9.80 Å². The number of benzene rings is 3. The van der Waals surface area contributed by atoms with Crippen molar-refractivity contribution < 1.29 is 18.3 Å². The number of fused-ring (bicyclic) bond motifs is 1. The van der Waals surface area contributed by atoms with E-state index in [-0.39, 0.29) is 24.5 Å². The molecule has 3 aromatic carbocycles. The normalized spacial score (nSPS) is 16.7. The van der Waals surface area contributed by atoms with Crippen LogP contribution in [0.2, 0.25) is 0 Å². The molecule has 31 heavy (non-hydrogen) atoms. The molecule has 0 unspecified atom stereocenters. The molecule has 0 aromatic heterocycles. The van der Waals surface area contributed by atoms with Crippen LogP contribution in [0.1, 0.15) is 22.7 Å². The van der Waals surface area contributed by atoms with Crippen LogP contribution in [-0.2, 0) is 6.54 Å². The van der Waals surface area contributed by atoms with Gasteiger partial charge in [-0.25, -0.2) is 8.78 Å². The van der Waals surface area contributed by atoms with Gasteiger partial charge in [0.05, 0.1) is 6.04 Å². The fraction of sp³-hybridized carbons (Fsp3) is 0.280. The molecular weight excluding hydrogens is 398 g/mol. The molecule has 2 heterocycles. The van der Waals surface area contributed by atoms with Crippen LogP contribution in [0, 0.1) is 11.6 Å². The summed E-state index contributed by atoms with van der Waals surface area (Å²) in [7, 11) is 0. The number of piperazine rings is 1. The van der Waals surface area contributed by atoms with E-state index < -0.39 is 0 Å². The third kappa shape index (κ3) is 4.27. The molecule has 5 rings (SSSR count). The highest BCUT2D eigenvalue weighted by molar-refractivity contribution is 5.48. The Kier molecular flexibility index (Phi) is 5.57. The molecule has 3 aromatic rings. The summed E-state index contributed by atoms with van der Waals surface area (Å²) in [5.41, 5.74) is 3.15. The van der Waals surface area contributed by atoms with Gasteiger partial charge in [0, 0.05) is 38.3 Å². The first-order valence-electron chi connectivity index (χ1n) is 10.5. The molecule has 2 aliphatic heterocycles. The van der Waals surface area contributed by atoms with Gasteiger partial charge in [-0.05, 0) is 41.5 Å². The zero-order valence-corrected chi connectivity index (χ0v) is 17.1. The third-order valence-corrected chi connectivity index (χ3v) is 6.02. The van der Waals surface area contributed by atoms with Crippen LogP contribution < -0.4 is 9.47 Å². The van der Waals surface area contributed by atoms with Crippen LogP contribution in [0.4, 0.5) is 8.78 Å². The summed E-state index contributed by atoms with van der Waals surface area (Å²) < 4.78 is 38.2. The largest absolute Gasteiger partial charge is 0.454 e. The molecule has 0 aliphatic carbocycles. The Morgan fingerprint density at radius 2 is 1.35 bits per heavy atom. The van der Waals surface area contributed by atoms with Gasteiger partial charge >= 0.3 is 0 Å². The second-order valence-electron chi connectivity index (χ2n) is 7.97. The lowest BCUT2D eigenvalue weighted by atomic mass is 9.96. The smallest absolute Gasteiger partial charge is 0.231 e.